The molecular weight excluding hydrogens is 298 g/mol. The van der Waals surface area contributed by atoms with Gasteiger partial charge in [-0.15, -0.1) is 0 Å². The molecule has 0 saturated carbocycles. The molecule has 0 spiro atoms. The van der Waals surface area contributed by atoms with E-state index in [9.17, 15) is 8.42 Å². The van der Waals surface area contributed by atoms with Crippen molar-refractivity contribution in [1.29, 1.82) is 0 Å². The Morgan fingerprint density at radius 2 is 1.36 bits per heavy atom. The van der Waals surface area contributed by atoms with Gasteiger partial charge in [-0.25, -0.2) is 0 Å². The van der Waals surface area contributed by atoms with Crippen LogP contribution < -0.4 is 5.73 Å². The number of nitrogens with two attached hydrogens (primary N) is 1. The Hall–Kier alpha value is -0.910. The van der Waals surface area contributed by atoms with Crippen LogP contribution in [0.1, 0.15) is 56.9 Å². The molecule has 0 saturated heterocycles. The van der Waals surface area contributed by atoms with Gasteiger partial charge in [0.1, 0.15) is 0 Å². The van der Waals surface area contributed by atoms with Gasteiger partial charge in [0.2, 0.25) is 0 Å². The molecule has 2 N–H and O–H groups in total. The SMILES string of the molecule is Cc1ccc(S(=O)(=O)OCCCCCCCCCCN)cc1. The lowest BCUT2D eigenvalue weighted by Crippen LogP contribution is -2.07. The molecule has 0 atom stereocenters. The Morgan fingerprint density at radius 1 is 0.864 bits per heavy atom. The third kappa shape index (κ3) is 7.92. The first-order valence-corrected chi connectivity index (χ1v) is 9.63. The van der Waals surface area contributed by atoms with Crippen molar-refractivity contribution < 1.29 is 12.6 Å². The molecule has 1 aromatic rings. The second-order valence-corrected chi connectivity index (χ2v) is 7.32. The lowest BCUT2D eigenvalue weighted by atomic mass is 10.1. The summed E-state index contributed by atoms with van der Waals surface area (Å²) in [5, 5.41) is 0. The number of hydrogen-bond acceptors (Lipinski definition) is 4. The van der Waals surface area contributed by atoms with Crippen molar-refractivity contribution >= 4 is 10.1 Å². The molecule has 0 aliphatic heterocycles. The van der Waals surface area contributed by atoms with Gasteiger partial charge in [-0.05, 0) is 38.4 Å². The molecule has 0 unspecified atom stereocenters. The first-order valence-electron chi connectivity index (χ1n) is 8.22. The Morgan fingerprint density at radius 3 is 1.91 bits per heavy atom. The molecule has 0 bridgehead atoms. The number of rotatable bonds is 12. The van der Waals surface area contributed by atoms with Crippen LogP contribution in [0.5, 0.6) is 0 Å². The van der Waals surface area contributed by atoms with Crippen LogP contribution in [0.2, 0.25) is 0 Å². The van der Waals surface area contributed by atoms with Crippen LogP contribution in [0.3, 0.4) is 0 Å². The van der Waals surface area contributed by atoms with E-state index >= 15 is 0 Å². The lowest BCUT2D eigenvalue weighted by Gasteiger charge is -2.06. The van der Waals surface area contributed by atoms with Gasteiger partial charge in [0.05, 0.1) is 11.5 Å². The van der Waals surface area contributed by atoms with Crippen LogP contribution in [0.4, 0.5) is 0 Å². The van der Waals surface area contributed by atoms with Crippen molar-refractivity contribution in [3.63, 3.8) is 0 Å². The highest BCUT2D eigenvalue weighted by molar-refractivity contribution is 7.86. The standard InChI is InChI=1S/C17H29NO3S/c1-16-10-12-17(13-11-16)22(19,20)21-15-9-7-5-3-2-4-6-8-14-18/h10-13H,2-9,14-15,18H2,1H3. The Balaban J connectivity index is 2.10. The zero-order valence-corrected chi connectivity index (χ0v) is 14.4. The largest absolute Gasteiger partial charge is 0.330 e. The van der Waals surface area contributed by atoms with Crippen molar-refractivity contribution in [2.75, 3.05) is 13.2 Å². The molecular formula is C17H29NO3S. The zero-order chi connectivity index (χ0) is 16.3. The second-order valence-electron chi connectivity index (χ2n) is 5.71. The molecule has 0 aliphatic rings. The summed E-state index contributed by atoms with van der Waals surface area (Å²) in [5.41, 5.74) is 6.48. The lowest BCUT2D eigenvalue weighted by molar-refractivity contribution is 0.306. The quantitative estimate of drug-likeness (QED) is 0.468. The molecule has 0 aliphatic carbocycles. The van der Waals surface area contributed by atoms with Crippen molar-refractivity contribution in [1.82, 2.24) is 0 Å². The average molecular weight is 327 g/mol. The summed E-state index contributed by atoms with van der Waals surface area (Å²) in [5.74, 6) is 0. The molecule has 22 heavy (non-hydrogen) atoms. The predicted molar refractivity (Wildman–Crippen MR) is 90.3 cm³/mol. The number of unbranched alkanes of at least 4 members (excludes halogenated alkanes) is 7. The van der Waals surface area contributed by atoms with Gasteiger partial charge in [-0.1, -0.05) is 56.2 Å². The summed E-state index contributed by atoms with van der Waals surface area (Å²) in [7, 11) is -3.60. The molecule has 0 fully saturated rings. The highest BCUT2D eigenvalue weighted by atomic mass is 32.2. The molecule has 0 radical (unpaired) electrons. The first-order chi connectivity index (χ1) is 10.6. The Labute approximate surface area is 135 Å². The van der Waals surface area contributed by atoms with Crippen LogP contribution >= 0.6 is 0 Å². The summed E-state index contributed by atoms with van der Waals surface area (Å²) < 4.78 is 29.0. The van der Waals surface area contributed by atoms with Crippen molar-refractivity contribution in [3.8, 4) is 0 Å². The minimum absolute atomic E-state index is 0.234. The van der Waals surface area contributed by atoms with Gasteiger partial charge >= 0.3 is 0 Å². The maximum atomic E-state index is 11.9. The highest BCUT2D eigenvalue weighted by Gasteiger charge is 2.14. The van der Waals surface area contributed by atoms with Crippen molar-refractivity contribution in [2.24, 2.45) is 5.73 Å². The van der Waals surface area contributed by atoms with Gasteiger partial charge in [0.15, 0.2) is 0 Å². The molecule has 1 rings (SSSR count). The smallest absolute Gasteiger partial charge is 0.296 e. The third-order valence-corrected chi connectivity index (χ3v) is 4.97. The maximum absolute atomic E-state index is 11.9. The first kappa shape index (κ1) is 19.1. The number of aryl methyl sites for hydroxylation is 1. The highest BCUT2D eigenvalue weighted by Crippen LogP contribution is 2.14. The van der Waals surface area contributed by atoms with Gasteiger partial charge < -0.3 is 5.73 Å². The van der Waals surface area contributed by atoms with Crippen molar-refractivity contribution in [2.45, 2.75) is 63.2 Å². The molecule has 5 heteroatoms. The fourth-order valence-electron chi connectivity index (χ4n) is 2.25. The van der Waals surface area contributed by atoms with E-state index in [1.54, 1.807) is 24.3 Å². The van der Waals surface area contributed by atoms with E-state index in [1.165, 1.54) is 25.7 Å². The van der Waals surface area contributed by atoms with E-state index in [-0.39, 0.29) is 11.5 Å². The molecule has 0 amide bonds. The monoisotopic (exact) mass is 327 g/mol. The van der Waals surface area contributed by atoms with E-state index in [4.69, 9.17) is 9.92 Å². The summed E-state index contributed by atoms with van der Waals surface area (Å²) in [6.07, 6.45) is 8.96. The molecule has 1 aromatic carbocycles. The minimum atomic E-state index is -3.60. The summed E-state index contributed by atoms with van der Waals surface area (Å²) in [6, 6.07) is 6.74. The molecule has 126 valence electrons. The van der Waals surface area contributed by atoms with Crippen molar-refractivity contribution in [3.05, 3.63) is 29.8 Å². The van der Waals surface area contributed by atoms with Crippen LogP contribution in [-0.4, -0.2) is 21.6 Å². The fraction of sp³-hybridized carbons (Fsp3) is 0.647. The number of benzene rings is 1. The zero-order valence-electron chi connectivity index (χ0n) is 13.6. The summed E-state index contributed by atoms with van der Waals surface area (Å²) in [6.45, 7) is 2.98. The van der Waals surface area contributed by atoms with E-state index in [0.717, 1.165) is 37.8 Å². The average Bonchev–Trinajstić information content (AvgIpc) is 2.49. The normalized spacial score (nSPS) is 11.7. The Kier molecular flexibility index (Phi) is 9.36. The van der Waals surface area contributed by atoms with E-state index < -0.39 is 10.1 Å². The van der Waals surface area contributed by atoms with Gasteiger partial charge in [0, 0.05) is 0 Å². The molecule has 0 aromatic heterocycles. The van der Waals surface area contributed by atoms with Crippen LogP contribution in [-0.2, 0) is 14.3 Å². The Bertz CT molecular complexity index is 497. The van der Waals surface area contributed by atoms with E-state index in [2.05, 4.69) is 0 Å². The van der Waals surface area contributed by atoms with E-state index in [1.807, 2.05) is 6.92 Å². The fourth-order valence-corrected chi connectivity index (χ4v) is 3.19. The second kappa shape index (κ2) is 10.8. The van der Waals surface area contributed by atoms with Crippen LogP contribution in [0, 0.1) is 6.92 Å². The molecule has 4 nitrogen and oxygen atoms in total. The predicted octanol–water partition coefficient (Wildman–Crippen LogP) is 3.78. The topological polar surface area (TPSA) is 69.4 Å². The summed E-state index contributed by atoms with van der Waals surface area (Å²) >= 11 is 0. The summed E-state index contributed by atoms with van der Waals surface area (Å²) in [4.78, 5) is 0.234. The molecule has 0 heterocycles. The van der Waals surface area contributed by atoms with Gasteiger partial charge in [0.25, 0.3) is 10.1 Å². The third-order valence-electron chi connectivity index (χ3n) is 3.65. The maximum Gasteiger partial charge on any atom is 0.296 e. The van der Waals surface area contributed by atoms with Gasteiger partial charge in [-0.3, -0.25) is 4.18 Å². The minimum Gasteiger partial charge on any atom is -0.330 e. The van der Waals surface area contributed by atoms with Gasteiger partial charge in [-0.2, -0.15) is 8.42 Å². The number of hydrogen-bond donors (Lipinski definition) is 1. The van der Waals surface area contributed by atoms with Crippen LogP contribution in [0.15, 0.2) is 29.2 Å². The van der Waals surface area contributed by atoms with E-state index in [0.29, 0.717) is 0 Å². The van der Waals surface area contributed by atoms with Crippen LogP contribution in [0.25, 0.3) is 0 Å².